The predicted octanol–water partition coefficient (Wildman–Crippen LogP) is 5.27. The van der Waals surface area contributed by atoms with Gasteiger partial charge in [0, 0.05) is 17.0 Å². The lowest BCUT2D eigenvalue weighted by Crippen LogP contribution is -2.27. The van der Waals surface area contributed by atoms with E-state index in [0.717, 1.165) is 36.3 Å². The summed E-state index contributed by atoms with van der Waals surface area (Å²) in [6, 6.07) is 5.38. The molecule has 0 spiro atoms. The van der Waals surface area contributed by atoms with Crippen LogP contribution < -0.4 is 0 Å². The molecule has 3 unspecified atom stereocenters. The maximum absolute atomic E-state index is 11.0. The van der Waals surface area contributed by atoms with Gasteiger partial charge in [-0.3, -0.25) is 10.1 Å². The van der Waals surface area contributed by atoms with E-state index in [9.17, 15) is 10.1 Å². The number of rotatable bonds is 5. The largest absolute Gasteiger partial charge is 0.272 e. The first-order valence-electron chi connectivity index (χ1n) is 7.89. The van der Waals surface area contributed by atoms with Gasteiger partial charge >= 0.3 is 0 Å². The van der Waals surface area contributed by atoms with Crippen molar-refractivity contribution in [1.82, 2.24) is 0 Å². The summed E-state index contributed by atoms with van der Waals surface area (Å²) in [4.78, 5) is 10.8. The second-order valence-electron chi connectivity index (χ2n) is 6.27. The Kier molecular flexibility index (Phi) is 5.63. The first kappa shape index (κ1) is 16.3. The van der Waals surface area contributed by atoms with Crippen LogP contribution in [0.5, 0.6) is 0 Å². The van der Waals surface area contributed by atoms with Crippen molar-refractivity contribution in [3.05, 3.63) is 39.4 Å². The molecule has 1 aliphatic rings. The molecule has 116 valence electrons. The van der Waals surface area contributed by atoms with Gasteiger partial charge in [0.1, 0.15) is 0 Å². The van der Waals surface area contributed by atoms with Gasteiger partial charge in [0.05, 0.1) is 4.92 Å². The minimum absolute atomic E-state index is 0.205. The maximum atomic E-state index is 11.0. The molecular weight excluding hydrogens is 286 g/mol. The number of alkyl halides is 1. The lowest BCUT2D eigenvalue weighted by atomic mass is 9.76. The number of nitro groups is 1. The minimum Gasteiger partial charge on any atom is -0.258 e. The van der Waals surface area contributed by atoms with Crippen LogP contribution in [0, 0.1) is 28.9 Å². The van der Waals surface area contributed by atoms with E-state index in [1.807, 2.05) is 13.0 Å². The molecule has 0 aliphatic heterocycles. The van der Waals surface area contributed by atoms with Crippen LogP contribution in [0.2, 0.25) is 0 Å². The molecule has 1 aromatic carbocycles. The average Bonchev–Trinajstić information content (AvgIpc) is 2.44. The fraction of sp³-hybridized carbons (Fsp3) is 0.647. The summed E-state index contributed by atoms with van der Waals surface area (Å²) in [5, 5.41) is 11.3. The molecule has 21 heavy (non-hydrogen) atoms. The summed E-state index contributed by atoms with van der Waals surface area (Å²) in [5.41, 5.74) is 2.10. The molecule has 0 bridgehead atoms. The Morgan fingerprint density at radius 1 is 1.38 bits per heavy atom. The molecule has 4 heteroatoms. The van der Waals surface area contributed by atoms with E-state index in [1.165, 1.54) is 19.3 Å². The maximum Gasteiger partial charge on any atom is 0.272 e. The van der Waals surface area contributed by atoms with Crippen LogP contribution in [0.25, 0.3) is 0 Å². The predicted molar refractivity (Wildman–Crippen MR) is 86.9 cm³/mol. The molecule has 0 N–H and O–H groups in total. The smallest absolute Gasteiger partial charge is 0.258 e. The summed E-state index contributed by atoms with van der Waals surface area (Å²) in [7, 11) is 0. The minimum atomic E-state index is -0.294. The lowest BCUT2D eigenvalue weighted by molar-refractivity contribution is -0.385. The Hall–Kier alpha value is -1.09. The van der Waals surface area contributed by atoms with Gasteiger partial charge in [-0.2, -0.15) is 0 Å². The summed E-state index contributed by atoms with van der Waals surface area (Å²) in [6.07, 6.45) is 6.82. The Morgan fingerprint density at radius 3 is 2.81 bits per heavy atom. The van der Waals surface area contributed by atoms with Crippen molar-refractivity contribution in [2.24, 2.45) is 11.8 Å². The molecule has 0 radical (unpaired) electrons. The topological polar surface area (TPSA) is 43.1 Å². The highest BCUT2D eigenvalue weighted by Crippen LogP contribution is 2.37. The summed E-state index contributed by atoms with van der Waals surface area (Å²) in [5.74, 6) is 1.21. The Bertz CT molecular complexity index is 504. The molecule has 0 saturated heterocycles. The zero-order valence-electron chi connectivity index (χ0n) is 12.8. The van der Waals surface area contributed by atoms with Crippen molar-refractivity contribution >= 4 is 17.3 Å². The molecule has 2 rings (SSSR count). The van der Waals surface area contributed by atoms with Gasteiger partial charge < -0.3 is 0 Å². The number of hydrogen-bond donors (Lipinski definition) is 0. The van der Waals surface area contributed by atoms with Gasteiger partial charge in [0.15, 0.2) is 0 Å². The van der Waals surface area contributed by atoms with E-state index in [0.29, 0.717) is 5.92 Å². The molecular formula is C17H24ClNO2. The number of halogens is 1. The van der Waals surface area contributed by atoms with Crippen LogP contribution in [-0.2, 0) is 6.42 Å². The van der Waals surface area contributed by atoms with Crippen molar-refractivity contribution in [2.45, 2.75) is 57.7 Å². The van der Waals surface area contributed by atoms with Gasteiger partial charge in [0.25, 0.3) is 5.69 Å². The molecule has 1 aromatic rings. The normalized spacial score (nSPS) is 25.8. The van der Waals surface area contributed by atoms with Crippen LogP contribution in [0.3, 0.4) is 0 Å². The van der Waals surface area contributed by atoms with Gasteiger partial charge in [0.2, 0.25) is 0 Å². The molecule has 1 fully saturated rings. The Labute approximate surface area is 131 Å². The molecule has 1 aliphatic carbocycles. The number of benzene rings is 1. The number of nitrogens with zero attached hydrogens (tertiary/aromatic N) is 1. The second kappa shape index (κ2) is 7.26. The van der Waals surface area contributed by atoms with E-state index < -0.39 is 0 Å². The van der Waals surface area contributed by atoms with E-state index in [4.69, 9.17) is 11.6 Å². The monoisotopic (exact) mass is 309 g/mol. The van der Waals surface area contributed by atoms with E-state index >= 15 is 0 Å². The van der Waals surface area contributed by atoms with Crippen LogP contribution in [0.4, 0.5) is 5.69 Å². The second-order valence-corrected chi connectivity index (χ2v) is 6.83. The zero-order valence-corrected chi connectivity index (χ0v) is 13.6. The standard InChI is InChI=1S/C17H24ClNO2/c1-3-5-13-8-9-16(18)15(10-13)11-14-6-4-7-17(12(14)2)19(20)21/h4,6-7,13,15-16H,3,5,8-11H2,1-2H3. The van der Waals surface area contributed by atoms with E-state index in [1.54, 1.807) is 12.1 Å². The van der Waals surface area contributed by atoms with Crippen molar-refractivity contribution < 1.29 is 4.92 Å². The highest BCUT2D eigenvalue weighted by atomic mass is 35.5. The Balaban J connectivity index is 2.13. The van der Waals surface area contributed by atoms with Crippen LogP contribution in [0.1, 0.15) is 50.2 Å². The van der Waals surface area contributed by atoms with Gasteiger partial charge in [-0.25, -0.2) is 0 Å². The van der Waals surface area contributed by atoms with E-state index in [2.05, 4.69) is 6.92 Å². The van der Waals surface area contributed by atoms with Crippen LogP contribution in [0.15, 0.2) is 18.2 Å². The number of hydrogen-bond acceptors (Lipinski definition) is 2. The van der Waals surface area contributed by atoms with E-state index in [-0.39, 0.29) is 16.0 Å². The number of nitro benzene ring substituents is 1. The third kappa shape index (κ3) is 3.97. The quantitative estimate of drug-likeness (QED) is 0.422. The molecule has 0 amide bonds. The first-order chi connectivity index (χ1) is 10.0. The van der Waals surface area contributed by atoms with Crippen molar-refractivity contribution in [1.29, 1.82) is 0 Å². The summed E-state index contributed by atoms with van der Waals surface area (Å²) in [6.45, 7) is 4.08. The third-order valence-electron chi connectivity index (χ3n) is 4.79. The average molecular weight is 310 g/mol. The van der Waals surface area contributed by atoms with Crippen LogP contribution >= 0.6 is 11.6 Å². The summed E-state index contributed by atoms with van der Waals surface area (Å²) < 4.78 is 0. The molecule has 0 heterocycles. The molecule has 3 atom stereocenters. The van der Waals surface area contributed by atoms with Gasteiger partial charge in [-0.1, -0.05) is 31.9 Å². The van der Waals surface area contributed by atoms with Gasteiger partial charge in [-0.05, 0) is 50.0 Å². The fourth-order valence-electron chi connectivity index (χ4n) is 3.58. The fourth-order valence-corrected chi connectivity index (χ4v) is 3.90. The summed E-state index contributed by atoms with van der Waals surface area (Å²) >= 11 is 6.52. The molecule has 3 nitrogen and oxygen atoms in total. The van der Waals surface area contributed by atoms with Crippen molar-refractivity contribution in [2.75, 3.05) is 0 Å². The lowest BCUT2D eigenvalue weighted by Gasteiger charge is -2.33. The van der Waals surface area contributed by atoms with Gasteiger partial charge in [-0.15, -0.1) is 11.6 Å². The van der Waals surface area contributed by atoms with Crippen molar-refractivity contribution in [3.8, 4) is 0 Å². The molecule has 0 aromatic heterocycles. The highest BCUT2D eigenvalue weighted by molar-refractivity contribution is 6.20. The first-order valence-corrected chi connectivity index (χ1v) is 8.33. The van der Waals surface area contributed by atoms with Crippen molar-refractivity contribution in [3.63, 3.8) is 0 Å². The zero-order chi connectivity index (χ0) is 15.4. The highest BCUT2D eigenvalue weighted by Gasteiger charge is 2.29. The van der Waals surface area contributed by atoms with Crippen LogP contribution in [-0.4, -0.2) is 10.3 Å². The third-order valence-corrected chi connectivity index (χ3v) is 5.37. The Morgan fingerprint density at radius 2 is 2.14 bits per heavy atom. The molecule has 1 saturated carbocycles. The SMILES string of the molecule is CCCC1CCC(Cl)C(Cc2cccc([N+](=O)[O-])c2C)C1.